The first-order valence-electron chi connectivity index (χ1n) is 7.03. The Bertz CT molecular complexity index is 601. The lowest BCUT2D eigenvalue weighted by Crippen LogP contribution is -2.22. The first-order valence-corrected chi connectivity index (χ1v) is 7.03. The smallest absolute Gasteiger partial charge is 0.165 e. The maximum absolute atomic E-state index is 14.0. The van der Waals surface area contributed by atoms with Crippen molar-refractivity contribution in [1.82, 2.24) is 0 Å². The molecule has 4 heteroatoms. The summed E-state index contributed by atoms with van der Waals surface area (Å²) in [5.74, 6) is 0.0126. The first kappa shape index (κ1) is 15.3. The van der Waals surface area contributed by atoms with E-state index in [0.29, 0.717) is 6.42 Å². The number of para-hydroxylation sites is 1. The molecule has 2 aromatic rings. The summed E-state index contributed by atoms with van der Waals surface area (Å²) in [5, 5.41) is 9.42. The maximum Gasteiger partial charge on any atom is 0.165 e. The number of phenolic OH excluding ortho intramolecular Hbond substituents is 1. The van der Waals surface area contributed by atoms with E-state index in [9.17, 15) is 9.50 Å². The van der Waals surface area contributed by atoms with E-state index in [0.717, 1.165) is 17.5 Å². The molecule has 112 valence electrons. The molecule has 0 amide bonds. The molecule has 21 heavy (non-hydrogen) atoms. The van der Waals surface area contributed by atoms with Crippen LogP contribution in [0, 0.1) is 5.82 Å². The van der Waals surface area contributed by atoms with Crippen molar-refractivity contribution >= 4 is 0 Å². The number of rotatable bonds is 6. The molecular formula is C17H20FNO2. The fourth-order valence-electron chi connectivity index (χ4n) is 2.10. The van der Waals surface area contributed by atoms with Crippen molar-refractivity contribution in [3.63, 3.8) is 0 Å². The highest BCUT2D eigenvalue weighted by Crippen LogP contribution is 2.25. The third-order valence-electron chi connectivity index (χ3n) is 3.35. The summed E-state index contributed by atoms with van der Waals surface area (Å²) in [7, 11) is 0. The monoisotopic (exact) mass is 289 g/mol. The van der Waals surface area contributed by atoms with Crippen LogP contribution in [0.15, 0.2) is 42.5 Å². The Morgan fingerprint density at radius 3 is 2.71 bits per heavy atom. The summed E-state index contributed by atoms with van der Waals surface area (Å²) >= 11 is 0. The fraction of sp³-hybridized carbons (Fsp3) is 0.294. The standard InChI is InChI=1S/C17H20FNO2/c1-2-14(19)10-13-6-4-8-16(18)17(13)21-11-12-5-3-7-15(20)9-12/h3-9,14,20H,2,10-11,19H2,1H3. The normalized spacial score (nSPS) is 12.1. The molecule has 3 N–H and O–H groups in total. The quantitative estimate of drug-likeness (QED) is 0.857. The Hall–Kier alpha value is -2.07. The molecule has 0 saturated heterocycles. The van der Waals surface area contributed by atoms with Gasteiger partial charge in [0, 0.05) is 6.04 Å². The van der Waals surface area contributed by atoms with E-state index in [2.05, 4.69) is 0 Å². The molecule has 0 aliphatic rings. The molecule has 0 aromatic heterocycles. The Labute approximate surface area is 124 Å². The number of phenols is 1. The Balaban J connectivity index is 2.15. The predicted molar refractivity (Wildman–Crippen MR) is 80.8 cm³/mol. The van der Waals surface area contributed by atoms with Crippen LogP contribution in [0.1, 0.15) is 24.5 Å². The Morgan fingerprint density at radius 1 is 1.24 bits per heavy atom. The van der Waals surface area contributed by atoms with Crippen LogP contribution >= 0.6 is 0 Å². The van der Waals surface area contributed by atoms with Crippen LogP contribution in [0.5, 0.6) is 11.5 Å². The number of benzene rings is 2. The minimum Gasteiger partial charge on any atom is -0.508 e. The fourth-order valence-corrected chi connectivity index (χ4v) is 2.10. The number of nitrogens with two attached hydrogens (primary N) is 1. The zero-order valence-electron chi connectivity index (χ0n) is 12.1. The molecule has 2 rings (SSSR count). The van der Waals surface area contributed by atoms with Gasteiger partial charge in [-0.3, -0.25) is 0 Å². The largest absolute Gasteiger partial charge is 0.508 e. The highest BCUT2D eigenvalue weighted by molar-refractivity contribution is 5.36. The van der Waals surface area contributed by atoms with E-state index in [-0.39, 0.29) is 24.1 Å². The molecule has 0 spiro atoms. The zero-order chi connectivity index (χ0) is 15.2. The topological polar surface area (TPSA) is 55.5 Å². The molecule has 0 radical (unpaired) electrons. The number of aromatic hydroxyl groups is 1. The van der Waals surface area contributed by atoms with Crippen LogP contribution in [0.2, 0.25) is 0 Å². The SMILES string of the molecule is CCC(N)Cc1cccc(F)c1OCc1cccc(O)c1. The third-order valence-corrected chi connectivity index (χ3v) is 3.35. The predicted octanol–water partition coefficient (Wildman–Crippen LogP) is 3.39. The summed E-state index contributed by atoms with van der Waals surface area (Å²) < 4.78 is 19.6. The molecule has 1 atom stereocenters. The average Bonchev–Trinajstić information content (AvgIpc) is 2.46. The lowest BCUT2D eigenvalue weighted by Gasteiger charge is -2.15. The lowest BCUT2D eigenvalue weighted by atomic mass is 10.0. The minimum atomic E-state index is -0.393. The van der Waals surface area contributed by atoms with Crippen molar-refractivity contribution in [3.8, 4) is 11.5 Å². The van der Waals surface area contributed by atoms with Gasteiger partial charge in [-0.2, -0.15) is 0 Å². The third kappa shape index (κ3) is 4.20. The van der Waals surface area contributed by atoms with E-state index in [1.807, 2.05) is 19.1 Å². The lowest BCUT2D eigenvalue weighted by molar-refractivity contribution is 0.285. The van der Waals surface area contributed by atoms with Crippen molar-refractivity contribution < 1.29 is 14.2 Å². The molecule has 0 aliphatic carbocycles. The van der Waals surface area contributed by atoms with E-state index >= 15 is 0 Å². The van der Waals surface area contributed by atoms with Gasteiger partial charge in [-0.25, -0.2) is 4.39 Å². The second-order valence-corrected chi connectivity index (χ2v) is 5.06. The highest BCUT2D eigenvalue weighted by Gasteiger charge is 2.12. The van der Waals surface area contributed by atoms with Crippen molar-refractivity contribution in [3.05, 3.63) is 59.4 Å². The van der Waals surface area contributed by atoms with Crippen LogP contribution in [0.4, 0.5) is 4.39 Å². The van der Waals surface area contributed by atoms with Gasteiger partial charge in [-0.05, 0) is 42.2 Å². The molecule has 0 aliphatic heterocycles. The first-order chi connectivity index (χ1) is 10.1. The van der Waals surface area contributed by atoms with Gasteiger partial charge < -0.3 is 15.6 Å². The van der Waals surface area contributed by atoms with Gasteiger partial charge in [0.25, 0.3) is 0 Å². The summed E-state index contributed by atoms with van der Waals surface area (Å²) in [6.07, 6.45) is 1.39. The van der Waals surface area contributed by atoms with Crippen LogP contribution in [0.3, 0.4) is 0 Å². The van der Waals surface area contributed by atoms with Gasteiger partial charge >= 0.3 is 0 Å². The second kappa shape index (κ2) is 7.09. The molecule has 0 heterocycles. The van der Waals surface area contributed by atoms with Gasteiger partial charge in [0.05, 0.1) is 0 Å². The van der Waals surface area contributed by atoms with Crippen LogP contribution < -0.4 is 10.5 Å². The molecule has 1 unspecified atom stereocenters. The van der Waals surface area contributed by atoms with Crippen molar-refractivity contribution in [2.75, 3.05) is 0 Å². The van der Waals surface area contributed by atoms with Gasteiger partial charge in [-0.1, -0.05) is 31.2 Å². The van der Waals surface area contributed by atoms with E-state index < -0.39 is 5.82 Å². The van der Waals surface area contributed by atoms with Gasteiger partial charge in [-0.15, -0.1) is 0 Å². The Kier molecular flexibility index (Phi) is 5.17. The van der Waals surface area contributed by atoms with Crippen LogP contribution in [-0.2, 0) is 13.0 Å². The summed E-state index contributed by atoms with van der Waals surface area (Å²) in [5.41, 5.74) is 7.49. The molecule has 3 nitrogen and oxygen atoms in total. The number of hydrogen-bond donors (Lipinski definition) is 2. The number of hydrogen-bond acceptors (Lipinski definition) is 3. The maximum atomic E-state index is 14.0. The van der Waals surface area contributed by atoms with Crippen LogP contribution in [0.25, 0.3) is 0 Å². The second-order valence-electron chi connectivity index (χ2n) is 5.06. The number of halogens is 1. The molecular weight excluding hydrogens is 269 g/mol. The average molecular weight is 289 g/mol. The summed E-state index contributed by atoms with van der Waals surface area (Å²) in [6.45, 7) is 2.20. The number of ether oxygens (including phenoxy) is 1. The summed E-state index contributed by atoms with van der Waals surface area (Å²) in [6, 6.07) is 11.6. The van der Waals surface area contributed by atoms with E-state index in [4.69, 9.17) is 10.5 Å². The van der Waals surface area contributed by atoms with Gasteiger partial charge in [0.2, 0.25) is 0 Å². The minimum absolute atomic E-state index is 0.0186. The molecule has 0 fully saturated rings. The van der Waals surface area contributed by atoms with Gasteiger partial charge in [0.15, 0.2) is 11.6 Å². The molecule has 0 bridgehead atoms. The zero-order valence-corrected chi connectivity index (χ0v) is 12.1. The molecule has 2 aromatic carbocycles. The Morgan fingerprint density at radius 2 is 2.00 bits per heavy atom. The van der Waals surface area contributed by atoms with Crippen molar-refractivity contribution in [1.29, 1.82) is 0 Å². The van der Waals surface area contributed by atoms with Gasteiger partial charge in [0.1, 0.15) is 12.4 Å². The van der Waals surface area contributed by atoms with Crippen molar-refractivity contribution in [2.24, 2.45) is 5.73 Å². The van der Waals surface area contributed by atoms with Crippen molar-refractivity contribution in [2.45, 2.75) is 32.4 Å². The highest BCUT2D eigenvalue weighted by atomic mass is 19.1. The van der Waals surface area contributed by atoms with E-state index in [1.165, 1.54) is 6.07 Å². The van der Waals surface area contributed by atoms with E-state index in [1.54, 1.807) is 24.3 Å². The van der Waals surface area contributed by atoms with Crippen LogP contribution in [-0.4, -0.2) is 11.1 Å². The molecule has 0 saturated carbocycles. The summed E-state index contributed by atoms with van der Waals surface area (Å²) in [4.78, 5) is 0.